The highest BCUT2D eigenvalue weighted by Gasteiger charge is 2.37. The van der Waals surface area contributed by atoms with E-state index in [0.29, 0.717) is 5.56 Å². The molecule has 12 aromatic carbocycles. The van der Waals surface area contributed by atoms with Crippen molar-refractivity contribution in [3.05, 3.63) is 251 Å². The van der Waals surface area contributed by atoms with Gasteiger partial charge in [0.15, 0.2) is 0 Å². The van der Waals surface area contributed by atoms with Crippen molar-refractivity contribution in [3.8, 4) is 39.9 Å². The van der Waals surface area contributed by atoms with Gasteiger partial charge in [0.2, 0.25) is 0 Å². The first-order valence-corrected chi connectivity index (χ1v) is 35.4. The number of fused-ring (bicyclic) bond motifs is 20. The zero-order chi connectivity index (χ0) is 64.7. The van der Waals surface area contributed by atoms with Crippen LogP contribution in [0.25, 0.3) is 161 Å². The lowest BCUT2D eigenvalue weighted by Crippen LogP contribution is -2.16. The fourth-order valence-electron chi connectivity index (χ4n) is 16.1. The summed E-state index contributed by atoms with van der Waals surface area (Å²) >= 11 is 3.70. The van der Waals surface area contributed by atoms with Gasteiger partial charge in [0.25, 0.3) is 0 Å². The summed E-state index contributed by atoms with van der Waals surface area (Å²) in [6, 6.07) is 82.1. The molecule has 0 saturated heterocycles. The summed E-state index contributed by atoms with van der Waals surface area (Å²) in [5, 5.41) is 27.9. The summed E-state index contributed by atoms with van der Waals surface area (Å²) in [6.45, 7) is 25.3. The number of thiophene rings is 2. The molecule has 0 N–H and O–H groups in total. The summed E-state index contributed by atoms with van der Waals surface area (Å²) in [7, 11) is 0. The maximum atomic E-state index is 13.7. The Bertz CT molecular complexity index is 5900. The van der Waals surface area contributed by atoms with Crippen LogP contribution in [0.2, 0.25) is 0 Å². The first-order valence-electron chi connectivity index (χ1n) is 33.7. The van der Waals surface area contributed by atoms with Gasteiger partial charge in [-0.25, -0.2) is 0 Å². The zero-order valence-corrected chi connectivity index (χ0v) is 57.1. The Labute approximate surface area is 560 Å². The van der Waals surface area contributed by atoms with Gasteiger partial charge in [-0.3, -0.25) is 0 Å². The average Bonchev–Trinajstić information content (AvgIpc) is 1.57. The number of aryl methyl sites for hydroxylation is 2. The van der Waals surface area contributed by atoms with E-state index in [0.717, 1.165) is 99.6 Å². The molecule has 0 unspecified atom stereocenters. The smallest absolute Gasteiger partial charge is 0.104 e. The minimum Gasteiger partial charge on any atom is -0.306 e. The van der Waals surface area contributed by atoms with Gasteiger partial charge in [-0.15, -0.1) is 22.7 Å². The van der Waals surface area contributed by atoms with Crippen LogP contribution in [0, 0.1) is 32.1 Å². The molecule has 18 aromatic rings. The Kier molecular flexibility index (Phi) is 12.8. The maximum Gasteiger partial charge on any atom is 0.104 e. The number of nitriles is 1. The molecule has 0 aliphatic carbocycles. The van der Waals surface area contributed by atoms with Gasteiger partial charge < -0.3 is 18.3 Å². The van der Waals surface area contributed by atoms with Crippen LogP contribution in [0.15, 0.2) is 206 Å². The van der Waals surface area contributed by atoms with Gasteiger partial charge in [0, 0.05) is 79.6 Å². The topological polar surface area (TPSA) is 43.5 Å². The molecule has 0 radical (unpaired) electrons. The molecule has 0 aliphatic rings. The molecule has 6 heterocycles. The molecule has 0 amide bonds. The van der Waals surface area contributed by atoms with Crippen molar-refractivity contribution in [1.29, 1.82) is 5.26 Å². The monoisotopic (exact) mass is 1260 g/mol. The Morgan fingerprint density at radius 2 is 0.642 bits per heavy atom. The van der Waals surface area contributed by atoms with E-state index < -0.39 is 0 Å². The van der Waals surface area contributed by atoms with E-state index in [1.807, 2.05) is 22.7 Å². The fraction of sp³-hybridized carbons (Fsp3) is 0.170. The van der Waals surface area contributed by atoms with Crippen molar-refractivity contribution in [3.63, 3.8) is 0 Å². The first kappa shape index (κ1) is 57.4. The third kappa shape index (κ3) is 8.17. The van der Waals surface area contributed by atoms with Crippen molar-refractivity contribution in [2.24, 2.45) is 0 Å². The molecule has 0 fully saturated rings. The largest absolute Gasteiger partial charge is 0.306 e. The molecule has 18 rings (SSSR count). The quantitative estimate of drug-likeness (QED) is 0.142. The van der Waals surface area contributed by atoms with E-state index in [9.17, 15) is 5.26 Å². The summed E-state index contributed by atoms with van der Waals surface area (Å²) in [6.07, 6.45) is 0. The highest BCUT2D eigenvalue weighted by molar-refractivity contribution is 7.27. The van der Waals surface area contributed by atoms with Gasteiger partial charge >= 0.3 is 0 Å². The predicted octanol–water partition coefficient (Wildman–Crippen LogP) is 25.8. The number of benzene rings is 12. The highest BCUT2D eigenvalue weighted by atomic mass is 32.1. The van der Waals surface area contributed by atoms with E-state index in [2.05, 4.69) is 307 Å². The Balaban J connectivity index is 1.21. The second-order valence-electron chi connectivity index (χ2n) is 28.0. The van der Waals surface area contributed by atoms with Crippen LogP contribution in [0.4, 0.5) is 0 Å². The Morgan fingerprint density at radius 1 is 0.316 bits per heavy atom. The molecule has 6 aromatic heterocycles. The lowest BCUT2D eigenvalue weighted by atomic mass is 9.90. The molecule has 7 heteroatoms. The van der Waals surface area contributed by atoms with Crippen LogP contribution in [0.3, 0.4) is 0 Å². The van der Waals surface area contributed by atoms with E-state index >= 15 is 0 Å². The van der Waals surface area contributed by atoms with Crippen molar-refractivity contribution < 1.29 is 0 Å². The van der Waals surface area contributed by atoms with Crippen LogP contribution < -0.4 is 0 Å². The van der Waals surface area contributed by atoms with Gasteiger partial charge in [-0.05, 0) is 162 Å². The van der Waals surface area contributed by atoms with Gasteiger partial charge in [0.1, 0.15) is 11.6 Å². The second-order valence-corrected chi connectivity index (χ2v) is 30.1. The minimum absolute atomic E-state index is 0.287. The van der Waals surface area contributed by atoms with Crippen LogP contribution >= 0.6 is 22.7 Å². The van der Waals surface area contributed by atoms with Gasteiger partial charge in [0.05, 0.1) is 76.3 Å². The van der Waals surface area contributed by atoms with E-state index in [1.165, 1.54) is 101 Å². The molecule has 0 bridgehead atoms. The predicted molar refractivity (Wildman–Crippen MR) is 410 cm³/mol. The number of aromatic nitrogens is 4. The van der Waals surface area contributed by atoms with Crippen molar-refractivity contribution in [1.82, 2.24) is 18.3 Å². The molecule has 5 nitrogen and oxygen atoms in total. The second kappa shape index (κ2) is 21.1. The number of nitrogens with zero attached hydrogens (tertiary/aromatic N) is 5. The number of hydrogen-bond acceptors (Lipinski definition) is 3. The van der Waals surface area contributed by atoms with E-state index in [4.69, 9.17) is 0 Å². The summed E-state index contributed by atoms with van der Waals surface area (Å²) in [4.78, 5) is 0. The summed E-state index contributed by atoms with van der Waals surface area (Å²) in [5.74, 6) is 1.15. The molecule has 0 atom stereocenters. The van der Waals surface area contributed by atoms with E-state index in [1.54, 1.807) is 0 Å². The van der Waals surface area contributed by atoms with Crippen LogP contribution in [0.5, 0.6) is 0 Å². The molecule has 460 valence electrons. The van der Waals surface area contributed by atoms with Crippen molar-refractivity contribution >= 4 is 150 Å². The molecule has 0 aliphatic heterocycles. The van der Waals surface area contributed by atoms with Crippen LogP contribution in [0.1, 0.15) is 124 Å². The average molecular weight is 1260 g/mol. The van der Waals surface area contributed by atoms with Crippen LogP contribution in [-0.4, -0.2) is 18.3 Å². The highest BCUT2D eigenvalue weighted by Crippen LogP contribution is 2.55. The van der Waals surface area contributed by atoms with Crippen LogP contribution in [-0.2, 0) is 0 Å². The molecule has 0 spiro atoms. The number of rotatable bonds is 9. The van der Waals surface area contributed by atoms with Crippen molar-refractivity contribution in [2.45, 2.75) is 99.8 Å². The SMILES string of the molecule is Cc1cc(-c2c(-n3c4ccc(C(C)C)cc4c4cc(C(C)C)ccc43)c(-n3c4ccccc4c4ccc5c6ccccc6sc5c43)c(C#N)c(-n3c4ccccc4c4ccc5c6ccccc6sc5c43)c2-n2c3ccc(C(C)C)cc3c3cc(C(C)C)ccc32)cc(C)c1C. The number of hydrogen-bond donors (Lipinski definition) is 0. The van der Waals surface area contributed by atoms with Gasteiger partial charge in [-0.1, -0.05) is 189 Å². The third-order valence-corrected chi connectivity index (χ3v) is 23.7. The van der Waals surface area contributed by atoms with Crippen molar-refractivity contribution in [2.75, 3.05) is 0 Å². The third-order valence-electron chi connectivity index (χ3n) is 21.3. The lowest BCUT2D eigenvalue weighted by molar-refractivity contribution is 0.868. The molecule has 0 saturated carbocycles. The normalized spacial score (nSPS) is 12.5. The first-order chi connectivity index (χ1) is 46.2. The lowest BCUT2D eigenvalue weighted by Gasteiger charge is -2.30. The van der Waals surface area contributed by atoms with E-state index in [-0.39, 0.29) is 23.7 Å². The molecular formula is C88H71N5S2. The minimum atomic E-state index is 0.287. The summed E-state index contributed by atoms with van der Waals surface area (Å²) in [5.41, 5.74) is 23.6. The maximum absolute atomic E-state index is 13.7. The fourth-order valence-corrected chi connectivity index (χ4v) is 18.6. The number of para-hydroxylation sites is 2. The Hall–Kier alpha value is -10.2. The zero-order valence-electron chi connectivity index (χ0n) is 55.5. The summed E-state index contributed by atoms with van der Waals surface area (Å²) < 4.78 is 15.1. The Morgan fingerprint density at radius 3 is 1.00 bits per heavy atom. The van der Waals surface area contributed by atoms with Gasteiger partial charge in [-0.2, -0.15) is 5.26 Å². The standard InChI is InChI=1S/C88H71N5S2/c1-47(2)54-28-36-74-67(42-54)68-43-55(48(3)4)29-37-75(68)90(74)85-80(58-40-51(9)53(11)52(10)41-58)86(91-76-38-30-56(49(5)6)44-69(76)70-45-57(50(7)8)31-39-77(70)91)82(93-73-25-17-13-21-60(73)64-33-35-66-62-23-15-19-27-79(62)95-88(66)84(64)93)71(46-89)81(85)92-72-24-16-12-20-59(72)63-32-34-65-61-22-14-18-26-78(61)94-87(65)83(63)92/h12-45,47-50H,1-11H3. The molecular weight excluding hydrogens is 1190 g/mol. The molecule has 95 heavy (non-hydrogen) atoms.